The van der Waals surface area contributed by atoms with Gasteiger partial charge in [-0.1, -0.05) is 24.6 Å². The number of aromatic amines is 1. The molecular weight excluding hydrogens is 300 g/mol. The zero-order chi connectivity index (χ0) is 17.2. The molecule has 1 saturated heterocycles. The summed E-state index contributed by atoms with van der Waals surface area (Å²) in [6, 6.07) is 11.0. The number of hydrogen-bond acceptors (Lipinski definition) is 3. The quantitative estimate of drug-likeness (QED) is 0.875. The minimum atomic E-state index is -0.450. The molecule has 0 aliphatic carbocycles. The van der Waals surface area contributed by atoms with E-state index in [1.165, 1.54) is 29.4 Å². The number of piperidine rings is 1. The first kappa shape index (κ1) is 17.5. The second-order valence-electron chi connectivity index (χ2n) is 7.90. The maximum atomic E-state index is 10.4. The summed E-state index contributed by atoms with van der Waals surface area (Å²) in [5, 5.41) is 11.7. The highest BCUT2D eigenvalue weighted by Gasteiger charge is 2.27. The van der Waals surface area contributed by atoms with Crippen LogP contribution in [0.1, 0.15) is 51.8 Å². The van der Waals surface area contributed by atoms with Crippen molar-refractivity contribution < 1.29 is 9.84 Å². The summed E-state index contributed by atoms with van der Waals surface area (Å²) in [4.78, 5) is 5.98. The third-order valence-electron chi connectivity index (χ3n) is 4.68. The topological polar surface area (TPSA) is 48.5 Å². The number of aliphatic hydroxyl groups excluding tert-OH is 1. The van der Waals surface area contributed by atoms with E-state index in [4.69, 9.17) is 4.74 Å². The molecule has 0 saturated carbocycles. The summed E-state index contributed by atoms with van der Waals surface area (Å²) < 4.78 is 5.74. The summed E-state index contributed by atoms with van der Waals surface area (Å²) in [6.45, 7) is 8.15. The molecule has 1 fully saturated rings. The van der Waals surface area contributed by atoms with Crippen LogP contribution in [0.3, 0.4) is 0 Å². The predicted octanol–water partition coefficient (Wildman–Crippen LogP) is 3.87. The highest BCUT2D eigenvalue weighted by atomic mass is 16.5. The Balaban J connectivity index is 1.69. The maximum Gasteiger partial charge on any atom is 0.0900 e. The van der Waals surface area contributed by atoms with Crippen molar-refractivity contribution >= 4 is 10.9 Å². The minimum Gasteiger partial charge on any atom is -0.389 e. The van der Waals surface area contributed by atoms with E-state index in [1.54, 1.807) is 0 Å². The molecule has 1 aliphatic rings. The molecule has 0 radical (unpaired) electrons. The Hall–Kier alpha value is -1.36. The van der Waals surface area contributed by atoms with Crippen LogP contribution >= 0.6 is 0 Å². The third-order valence-corrected chi connectivity index (χ3v) is 4.68. The van der Waals surface area contributed by atoms with Crippen molar-refractivity contribution in [1.82, 2.24) is 9.88 Å². The van der Waals surface area contributed by atoms with Gasteiger partial charge in [0.1, 0.15) is 0 Å². The van der Waals surface area contributed by atoms with E-state index < -0.39 is 6.10 Å². The Labute approximate surface area is 144 Å². The fourth-order valence-corrected chi connectivity index (χ4v) is 3.51. The Morgan fingerprint density at radius 3 is 2.83 bits per heavy atom. The van der Waals surface area contributed by atoms with E-state index in [0.29, 0.717) is 19.2 Å². The molecule has 2 heterocycles. The smallest absolute Gasteiger partial charge is 0.0900 e. The molecule has 2 N–H and O–H groups in total. The van der Waals surface area contributed by atoms with Gasteiger partial charge in [0.2, 0.25) is 0 Å². The van der Waals surface area contributed by atoms with Gasteiger partial charge in [0.15, 0.2) is 0 Å². The maximum absolute atomic E-state index is 10.4. The minimum absolute atomic E-state index is 0.209. The Bertz CT molecular complexity index is 626. The van der Waals surface area contributed by atoms with Crippen LogP contribution in [0.15, 0.2) is 30.3 Å². The molecule has 1 aromatic heterocycles. The third kappa shape index (κ3) is 4.38. The molecule has 3 rings (SSSR count). The first-order valence-corrected chi connectivity index (χ1v) is 9.06. The van der Waals surface area contributed by atoms with Crippen LogP contribution in [0.4, 0.5) is 0 Å². The van der Waals surface area contributed by atoms with Gasteiger partial charge in [-0.25, -0.2) is 0 Å². The molecule has 132 valence electrons. The molecule has 0 amide bonds. The zero-order valence-corrected chi connectivity index (χ0v) is 15.1. The highest BCUT2D eigenvalue weighted by Crippen LogP contribution is 2.32. The first-order chi connectivity index (χ1) is 11.4. The van der Waals surface area contributed by atoms with Gasteiger partial charge in [0.25, 0.3) is 0 Å². The molecule has 0 spiro atoms. The number of H-pyrrole nitrogens is 1. The van der Waals surface area contributed by atoms with E-state index in [9.17, 15) is 5.11 Å². The highest BCUT2D eigenvalue weighted by molar-refractivity contribution is 5.80. The number of benzene rings is 1. The van der Waals surface area contributed by atoms with E-state index in [0.717, 1.165) is 13.0 Å². The van der Waals surface area contributed by atoms with Crippen molar-refractivity contribution in [2.75, 3.05) is 19.7 Å². The Morgan fingerprint density at radius 2 is 2.08 bits per heavy atom. The zero-order valence-electron chi connectivity index (χ0n) is 15.1. The van der Waals surface area contributed by atoms with Crippen molar-refractivity contribution in [2.45, 2.75) is 57.8 Å². The molecule has 2 aromatic rings. The summed E-state index contributed by atoms with van der Waals surface area (Å²) >= 11 is 0. The molecule has 4 nitrogen and oxygen atoms in total. The number of hydrogen-bond donors (Lipinski definition) is 2. The van der Waals surface area contributed by atoms with Crippen LogP contribution in [0.2, 0.25) is 0 Å². The summed E-state index contributed by atoms with van der Waals surface area (Å²) in [6.07, 6.45) is 3.13. The number of fused-ring (bicyclic) bond motifs is 1. The molecule has 1 aliphatic heterocycles. The van der Waals surface area contributed by atoms with Crippen LogP contribution in [-0.4, -0.2) is 46.4 Å². The monoisotopic (exact) mass is 330 g/mol. The standard InChI is InChI=1S/C20H30N2O2/c1-20(2,3)24-14-16(23)13-22-11-7-6-10-19(22)18-12-15-8-4-5-9-17(15)21-18/h4-5,8-9,12,16,19,21,23H,6-7,10-11,13-14H2,1-3H3. The van der Waals surface area contributed by atoms with Crippen molar-refractivity contribution in [1.29, 1.82) is 0 Å². The molecule has 1 aromatic carbocycles. The lowest BCUT2D eigenvalue weighted by Crippen LogP contribution is -2.41. The molecule has 4 heteroatoms. The second kappa shape index (κ2) is 7.26. The largest absolute Gasteiger partial charge is 0.389 e. The second-order valence-corrected chi connectivity index (χ2v) is 7.90. The lowest BCUT2D eigenvalue weighted by Gasteiger charge is -2.36. The average molecular weight is 330 g/mol. The number of nitrogens with one attached hydrogen (secondary N) is 1. The number of nitrogens with zero attached hydrogens (tertiary/aromatic N) is 1. The van der Waals surface area contributed by atoms with Gasteiger partial charge in [-0.05, 0) is 57.7 Å². The molecule has 2 unspecified atom stereocenters. The summed E-state index contributed by atoms with van der Waals surface area (Å²) in [5.41, 5.74) is 2.24. The van der Waals surface area contributed by atoms with Gasteiger partial charge < -0.3 is 14.8 Å². The van der Waals surface area contributed by atoms with Crippen LogP contribution in [0.5, 0.6) is 0 Å². The number of aromatic nitrogens is 1. The number of rotatable bonds is 5. The van der Waals surface area contributed by atoms with Crippen molar-refractivity contribution in [2.24, 2.45) is 0 Å². The number of ether oxygens (including phenoxy) is 1. The summed E-state index contributed by atoms with van der Waals surface area (Å²) in [7, 11) is 0. The van der Waals surface area contributed by atoms with Gasteiger partial charge >= 0.3 is 0 Å². The lowest BCUT2D eigenvalue weighted by atomic mass is 9.99. The Morgan fingerprint density at radius 1 is 1.29 bits per heavy atom. The van der Waals surface area contributed by atoms with Gasteiger partial charge in [-0.3, -0.25) is 4.90 Å². The van der Waals surface area contributed by atoms with Gasteiger partial charge in [0.05, 0.1) is 18.3 Å². The molecule has 24 heavy (non-hydrogen) atoms. The van der Waals surface area contributed by atoms with Crippen LogP contribution in [-0.2, 0) is 4.74 Å². The number of para-hydroxylation sites is 1. The van der Waals surface area contributed by atoms with Crippen molar-refractivity contribution in [3.63, 3.8) is 0 Å². The number of likely N-dealkylation sites (tertiary alicyclic amines) is 1. The molecule has 2 atom stereocenters. The van der Waals surface area contributed by atoms with Crippen molar-refractivity contribution in [3.8, 4) is 0 Å². The molecule has 0 bridgehead atoms. The van der Waals surface area contributed by atoms with Crippen molar-refractivity contribution in [3.05, 3.63) is 36.0 Å². The van der Waals surface area contributed by atoms with E-state index in [1.807, 2.05) is 20.8 Å². The normalized spacial score (nSPS) is 21.2. The van der Waals surface area contributed by atoms with Gasteiger partial charge in [-0.2, -0.15) is 0 Å². The summed E-state index contributed by atoms with van der Waals surface area (Å²) in [5.74, 6) is 0. The van der Waals surface area contributed by atoms with Gasteiger partial charge in [-0.15, -0.1) is 0 Å². The number of aliphatic hydroxyl groups is 1. The van der Waals surface area contributed by atoms with Crippen LogP contribution in [0.25, 0.3) is 10.9 Å². The van der Waals surface area contributed by atoms with E-state index >= 15 is 0 Å². The fraction of sp³-hybridized carbons (Fsp3) is 0.600. The van der Waals surface area contributed by atoms with Gasteiger partial charge in [0, 0.05) is 23.8 Å². The number of β-amino-alcohol motifs (C(OH)–C–C–N with tert-alkyl or cyclic N) is 1. The predicted molar refractivity (Wildman–Crippen MR) is 98.2 cm³/mol. The van der Waals surface area contributed by atoms with E-state index in [2.05, 4.69) is 40.2 Å². The molecular formula is C20H30N2O2. The fourth-order valence-electron chi connectivity index (χ4n) is 3.51. The average Bonchev–Trinajstić information content (AvgIpc) is 2.96. The lowest BCUT2D eigenvalue weighted by molar-refractivity contribution is -0.0611. The van der Waals surface area contributed by atoms with Crippen LogP contribution in [0, 0.1) is 0 Å². The van der Waals surface area contributed by atoms with Crippen LogP contribution < -0.4 is 0 Å². The SMILES string of the molecule is CC(C)(C)OCC(O)CN1CCCCC1c1cc2ccccc2[nH]1. The Kier molecular flexibility index (Phi) is 5.28. The first-order valence-electron chi connectivity index (χ1n) is 9.06. The van der Waals surface area contributed by atoms with E-state index in [-0.39, 0.29) is 5.60 Å².